The maximum Gasteiger partial charge on any atom is 0.257 e. The number of nitrogens with zero attached hydrogens (tertiary/aromatic N) is 2. The van der Waals surface area contributed by atoms with E-state index >= 15 is 0 Å². The minimum absolute atomic E-state index is 0.0358. The fourth-order valence-electron chi connectivity index (χ4n) is 4.29. The van der Waals surface area contributed by atoms with Gasteiger partial charge in [0.1, 0.15) is 17.4 Å². The number of aromatic amines is 1. The minimum atomic E-state index is -0.650. The average molecular weight is 427 g/mol. The summed E-state index contributed by atoms with van der Waals surface area (Å²) in [6, 6.07) is 8.06. The van der Waals surface area contributed by atoms with Crippen molar-refractivity contribution in [2.24, 2.45) is 0 Å². The van der Waals surface area contributed by atoms with E-state index in [0.29, 0.717) is 16.7 Å². The summed E-state index contributed by atoms with van der Waals surface area (Å²) in [5.41, 5.74) is 0.636. The molecule has 4 rings (SSSR count). The van der Waals surface area contributed by atoms with Crippen LogP contribution in [0.1, 0.15) is 34.6 Å². The van der Waals surface area contributed by atoms with Crippen molar-refractivity contribution in [1.82, 2.24) is 14.8 Å². The highest BCUT2D eigenvalue weighted by Crippen LogP contribution is 2.26. The van der Waals surface area contributed by atoms with Gasteiger partial charge in [-0.05, 0) is 32.0 Å². The summed E-state index contributed by atoms with van der Waals surface area (Å²) in [5.74, 6) is -1.40. The Balaban J connectivity index is 1.55. The molecule has 0 unspecified atom stereocenters. The number of rotatable bonds is 3. The van der Waals surface area contributed by atoms with E-state index in [9.17, 15) is 18.4 Å². The van der Waals surface area contributed by atoms with Crippen LogP contribution in [0.2, 0.25) is 0 Å². The Morgan fingerprint density at radius 1 is 1.00 bits per heavy atom. The van der Waals surface area contributed by atoms with Gasteiger partial charge in [0.2, 0.25) is 0 Å². The summed E-state index contributed by atoms with van der Waals surface area (Å²) in [6.07, 6.45) is 1.51. The smallest absolute Gasteiger partial charge is 0.257 e. The molecule has 0 spiro atoms. The second kappa shape index (κ2) is 8.02. The quantitative estimate of drug-likeness (QED) is 0.691. The number of benzene rings is 2. The van der Waals surface area contributed by atoms with E-state index in [1.165, 1.54) is 31.5 Å². The molecule has 0 aliphatic carbocycles. The average Bonchev–Trinajstić information content (AvgIpc) is 3.17. The number of ether oxygens (including phenoxy) is 1. The van der Waals surface area contributed by atoms with Crippen molar-refractivity contribution < 1.29 is 23.1 Å². The van der Waals surface area contributed by atoms with Crippen LogP contribution in [0.4, 0.5) is 8.78 Å². The third-order valence-electron chi connectivity index (χ3n) is 5.74. The second-order valence-corrected chi connectivity index (χ2v) is 7.83. The topological polar surface area (TPSA) is 65.6 Å². The fourth-order valence-corrected chi connectivity index (χ4v) is 4.29. The lowest BCUT2D eigenvalue weighted by Crippen LogP contribution is -2.59. The number of piperazine rings is 1. The largest absolute Gasteiger partial charge is 0.497 e. The second-order valence-electron chi connectivity index (χ2n) is 7.83. The Morgan fingerprint density at radius 2 is 1.71 bits per heavy atom. The lowest BCUT2D eigenvalue weighted by atomic mass is 10.0. The van der Waals surface area contributed by atoms with Crippen LogP contribution in [0, 0.1) is 11.6 Å². The monoisotopic (exact) mass is 427 g/mol. The Morgan fingerprint density at radius 3 is 2.35 bits per heavy atom. The predicted molar refractivity (Wildman–Crippen MR) is 112 cm³/mol. The summed E-state index contributed by atoms with van der Waals surface area (Å²) < 4.78 is 33.4. The first kappa shape index (κ1) is 20.8. The van der Waals surface area contributed by atoms with Crippen LogP contribution in [-0.4, -0.2) is 58.9 Å². The van der Waals surface area contributed by atoms with E-state index in [0.717, 1.165) is 0 Å². The maximum absolute atomic E-state index is 14.4. The molecule has 2 aromatic carbocycles. The van der Waals surface area contributed by atoms with Gasteiger partial charge in [0, 0.05) is 42.8 Å². The first-order valence-electron chi connectivity index (χ1n) is 10.0. The number of nitrogens with one attached hydrogen (secondary N) is 1. The number of halogens is 2. The molecule has 1 saturated heterocycles. The molecule has 0 saturated carbocycles. The van der Waals surface area contributed by atoms with Crippen LogP contribution in [0.3, 0.4) is 0 Å². The zero-order valence-electron chi connectivity index (χ0n) is 17.5. The van der Waals surface area contributed by atoms with E-state index in [1.807, 2.05) is 13.8 Å². The van der Waals surface area contributed by atoms with E-state index in [4.69, 9.17) is 4.74 Å². The molecule has 31 heavy (non-hydrogen) atoms. The molecule has 0 bridgehead atoms. The van der Waals surface area contributed by atoms with E-state index in [1.54, 1.807) is 28.0 Å². The first-order valence-corrected chi connectivity index (χ1v) is 10.0. The van der Waals surface area contributed by atoms with Crippen LogP contribution in [0.25, 0.3) is 10.9 Å². The molecule has 6 nitrogen and oxygen atoms in total. The molecular formula is C23H23F2N3O3. The number of carbonyl (C=O) groups excluding carboxylic acids is 2. The molecule has 1 aliphatic rings. The highest BCUT2D eigenvalue weighted by Gasteiger charge is 2.36. The third kappa shape index (κ3) is 3.62. The predicted octanol–water partition coefficient (Wildman–Crippen LogP) is 3.83. The third-order valence-corrected chi connectivity index (χ3v) is 5.74. The number of hydrogen-bond acceptors (Lipinski definition) is 3. The number of fused-ring (bicyclic) bond motifs is 1. The number of H-pyrrole nitrogens is 1. The molecule has 2 atom stereocenters. The highest BCUT2D eigenvalue weighted by molar-refractivity contribution is 6.07. The van der Waals surface area contributed by atoms with Crippen molar-refractivity contribution in [1.29, 1.82) is 0 Å². The Hall–Kier alpha value is -3.42. The van der Waals surface area contributed by atoms with Crippen LogP contribution in [-0.2, 0) is 0 Å². The number of amides is 2. The van der Waals surface area contributed by atoms with Crippen molar-refractivity contribution in [3.63, 3.8) is 0 Å². The molecular weight excluding hydrogens is 404 g/mol. The number of aromatic nitrogens is 1. The van der Waals surface area contributed by atoms with Gasteiger partial charge in [-0.2, -0.15) is 0 Å². The Bertz CT molecular complexity index is 1150. The minimum Gasteiger partial charge on any atom is -0.497 e. The summed E-state index contributed by atoms with van der Waals surface area (Å²) in [7, 11) is 1.43. The van der Waals surface area contributed by atoms with E-state index in [2.05, 4.69) is 4.98 Å². The Kier molecular flexibility index (Phi) is 5.39. The van der Waals surface area contributed by atoms with Gasteiger partial charge in [-0.15, -0.1) is 0 Å². The van der Waals surface area contributed by atoms with Gasteiger partial charge < -0.3 is 19.5 Å². The Labute approximate surface area is 178 Å². The molecule has 1 aromatic heterocycles. The number of carbonyl (C=O) groups is 2. The fraction of sp³-hybridized carbons (Fsp3) is 0.304. The number of hydrogen-bond donors (Lipinski definition) is 1. The van der Waals surface area contributed by atoms with Gasteiger partial charge >= 0.3 is 0 Å². The van der Waals surface area contributed by atoms with Crippen molar-refractivity contribution >= 4 is 22.7 Å². The van der Waals surface area contributed by atoms with Gasteiger partial charge in [-0.3, -0.25) is 9.59 Å². The molecule has 3 aromatic rings. The lowest BCUT2D eigenvalue weighted by molar-refractivity contribution is 0.0252. The van der Waals surface area contributed by atoms with E-state index in [-0.39, 0.29) is 42.2 Å². The standard InChI is InChI=1S/C23H23F2N3O3/c1-13-11-27(22(29)18-10-26-21-16(18)5-4-6-19(21)24)12-14(2)28(13)23(30)17-8-7-15(31-3)9-20(17)25/h4-10,13-14,26H,11-12H2,1-3H3/t13-,14-/m1/s1. The molecule has 8 heteroatoms. The maximum atomic E-state index is 14.4. The van der Waals surface area contributed by atoms with Gasteiger partial charge in [0.15, 0.2) is 0 Å². The zero-order chi connectivity index (χ0) is 22.3. The van der Waals surface area contributed by atoms with Crippen LogP contribution < -0.4 is 4.74 Å². The molecule has 2 heterocycles. The van der Waals surface area contributed by atoms with Gasteiger partial charge in [-0.1, -0.05) is 12.1 Å². The molecule has 162 valence electrons. The van der Waals surface area contributed by atoms with Gasteiger partial charge in [0.25, 0.3) is 11.8 Å². The van der Waals surface area contributed by atoms with Gasteiger partial charge in [0.05, 0.1) is 23.8 Å². The van der Waals surface area contributed by atoms with Crippen molar-refractivity contribution in [3.8, 4) is 5.75 Å². The van der Waals surface area contributed by atoms with Crippen molar-refractivity contribution in [3.05, 3.63) is 65.4 Å². The molecule has 1 aliphatic heterocycles. The first-order chi connectivity index (χ1) is 14.8. The number of methoxy groups -OCH3 is 1. The van der Waals surface area contributed by atoms with Crippen molar-refractivity contribution in [2.75, 3.05) is 20.2 Å². The molecule has 1 N–H and O–H groups in total. The van der Waals surface area contributed by atoms with Crippen LogP contribution >= 0.6 is 0 Å². The van der Waals surface area contributed by atoms with Gasteiger partial charge in [-0.25, -0.2) is 8.78 Å². The molecule has 0 radical (unpaired) electrons. The lowest BCUT2D eigenvalue weighted by Gasteiger charge is -2.44. The molecule has 2 amide bonds. The van der Waals surface area contributed by atoms with Crippen LogP contribution in [0.5, 0.6) is 5.75 Å². The normalized spacial score (nSPS) is 19.0. The highest BCUT2D eigenvalue weighted by atomic mass is 19.1. The van der Waals surface area contributed by atoms with Crippen LogP contribution in [0.15, 0.2) is 42.6 Å². The molecule has 1 fully saturated rings. The summed E-state index contributed by atoms with van der Waals surface area (Å²) >= 11 is 0. The summed E-state index contributed by atoms with van der Waals surface area (Å²) in [4.78, 5) is 32.3. The van der Waals surface area contributed by atoms with E-state index < -0.39 is 17.5 Å². The SMILES string of the molecule is COc1ccc(C(=O)N2[C@H](C)CN(C(=O)c3c[nH]c4c(F)cccc34)C[C@H]2C)c(F)c1. The number of para-hydroxylation sites is 1. The summed E-state index contributed by atoms with van der Waals surface area (Å²) in [6.45, 7) is 4.22. The summed E-state index contributed by atoms with van der Waals surface area (Å²) in [5, 5.41) is 0.518. The zero-order valence-corrected chi connectivity index (χ0v) is 17.5. The van der Waals surface area contributed by atoms with Crippen molar-refractivity contribution in [2.45, 2.75) is 25.9 Å².